The Morgan fingerprint density at radius 3 is 0.982 bits per heavy atom. The Morgan fingerprint density at radius 1 is 0.357 bits per heavy atom. The second-order valence-electron chi connectivity index (χ2n) is 17.1. The summed E-state index contributed by atoms with van der Waals surface area (Å²) in [5.74, 6) is 0.842. The lowest BCUT2D eigenvalue weighted by molar-refractivity contribution is -0.144. The zero-order valence-corrected chi connectivity index (χ0v) is 38.2. The number of carbonyl (C=O) groups excluding carboxylic acids is 2. The molecule has 0 fully saturated rings. The van der Waals surface area contributed by atoms with E-state index >= 15 is 0 Å². The van der Waals surface area contributed by atoms with Crippen molar-refractivity contribution >= 4 is 11.9 Å². The third-order valence-electron chi connectivity index (χ3n) is 11.7. The fraction of sp³-hybridized carbons (Fsp3) is 0.885. The second-order valence-corrected chi connectivity index (χ2v) is 17.1. The summed E-state index contributed by atoms with van der Waals surface area (Å²) in [6.07, 6.45) is 58.6. The van der Waals surface area contributed by atoms with Crippen molar-refractivity contribution in [1.82, 2.24) is 0 Å². The Kier molecular flexibility index (Phi) is 46.4. The number of unbranched alkanes of at least 4 members (excludes halogenated alkanes) is 29. The maximum Gasteiger partial charge on any atom is 0.305 e. The van der Waals surface area contributed by atoms with Crippen LogP contribution in [0, 0.1) is 5.92 Å². The molecule has 0 aromatic heterocycles. The number of hydrogen-bond donors (Lipinski definition) is 0. The lowest BCUT2D eigenvalue weighted by atomic mass is 9.92. The van der Waals surface area contributed by atoms with Gasteiger partial charge >= 0.3 is 11.9 Å². The van der Waals surface area contributed by atoms with E-state index in [1.165, 1.54) is 205 Å². The second kappa shape index (κ2) is 47.8. The lowest BCUT2D eigenvalue weighted by Crippen LogP contribution is -2.05. The highest BCUT2D eigenvalue weighted by atomic mass is 16.5. The number of allylic oxidation sites excluding steroid dienone is 4. The first kappa shape index (κ1) is 54.4. The van der Waals surface area contributed by atoms with Crippen LogP contribution in [-0.2, 0) is 19.1 Å². The van der Waals surface area contributed by atoms with Gasteiger partial charge in [-0.1, -0.05) is 212 Å². The maximum absolute atomic E-state index is 12.1. The van der Waals surface area contributed by atoms with Crippen molar-refractivity contribution < 1.29 is 19.1 Å². The summed E-state index contributed by atoms with van der Waals surface area (Å²) in [4.78, 5) is 24.2. The standard InChI is InChI=1S/C52H98O4/c1-4-7-9-11-13-15-17-19-21-23-25-27-29-33-40-46-51(53)55-48-42-36-31-32-38-44-50(6-3)45-39-35-37-43-49-56-52(54)47-41-34-30-28-26-24-22-20-18-16-14-12-10-8-5-2/h19-22,50H,4-18,23-49H2,1-3H3/b21-19-,22-20-. The van der Waals surface area contributed by atoms with E-state index < -0.39 is 0 Å². The van der Waals surface area contributed by atoms with Gasteiger partial charge in [0, 0.05) is 12.8 Å². The van der Waals surface area contributed by atoms with Crippen LogP contribution in [0.15, 0.2) is 24.3 Å². The summed E-state index contributed by atoms with van der Waals surface area (Å²) in [7, 11) is 0. The Hall–Kier alpha value is -1.58. The zero-order chi connectivity index (χ0) is 40.7. The molecule has 56 heavy (non-hydrogen) atoms. The van der Waals surface area contributed by atoms with E-state index in [0.717, 1.165) is 44.4 Å². The fourth-order valence-electron chi connectivity index (χ4n) is 7.70. The highest BCUT2D eigenvalue weighted by Gasteiger charge is 2.07. The van der Waals surface area contributed by atoms with Crippen molar-refractivity contribution in [1.29, 1.82) is 0 Å². The lowest BCUT2D eigenvalue weighted by Gasteiger charge is -2.14. The number of carbonyl (C=O) groups is 2. The first-order valence-electron chi connectivity index (χ1n) is 25.2. The monoisotopic (exact) mass is 787 g/mol. The largest absolute Gasteiger partial charge is 0.466 e. The molecule has 4 nitrogen and oxygen atoms in total. The van der Waals surface area contributed by atoms with Gasteiger partial charge in [0.25, 0.3) is 0 Å². The summed E-state index contributed by atoms with van der Waals surface area (Å²) < 4.78 is 11.0. The Bertz CT molecular complexity index is 848. The zero-order valence-electron chi connectivity index (χ0n) is 38.2. The predicted molar refractivity (Wildman–Crippen MR) is 245 cm³/mol. The minimum atomic E-state index is -0.00142. The number of esters is 2. The summed E-state index contributed by atoms with van der Waals surface area (Å²) in [6, 6.07) is 0. The van der Waals surface area contributed by atoms with Crippen molar-refractivity contribution in [3.05, 3.63) is 24.3 Å². The molecular weight excluding hydrogens is 689 g/mol. The average Bonchev–Trinajstić information content (AvgIpc) is 3.20. The summed E-state index contributed by atoms with van der Waals surface area (Å²) >= 11 is 0. The van der Waals surface area contributed by atoms with Crippen LogP contribution in [-0.4, -0.2) is 25.2 Å². The van der Waals surface area contributed by atoms with Gasteiger partial charge in [0.2, 0.25) is 0 Å². The van der Waals surface area contributed by atoms with Crippen LogP contribution in [0.5, 0.6) is 0 Å². The van der Waals surface area contributed by atoms with E-state index in [1.807, 2.05) is 0 Å². The van der Waals surface area contributed by atoms with Gasteiger partial charge < -0.3 is 9.47 Å². The first-order valence-corrected chi connectivity index (χ1v) is 25.2. The highest BCUT2D eigenvalue weighted by Crippen LogP contribution is 2.21. The minimum absolute atomic E-state index is 0.00118. The fourth-order valence-corrected chi connectivity index (χ4v) is 7.70. The third-order valence-corrected chi connectivity index (χ3v) is 11.7. The molecule has 0 N–H and O–H groups in total. The molecular formula is C52H98O4. The van der Waals surface area contributed by atoms with E-state index in [-0.39, 0.29) is 11.9 Å². The Balaban J connectivity index is 3.43. The van der Waals surface area contributed by atoms with Gasteiger partial charge in [-0.2, -0.15) is 0 Å². The normalized spacial score (nSPS) is 12.3. The molecule has 0 radical (unpaired) electrons. The van der Waals surface area contributed by atoms with Crippen LogP contribution in [0.25, 0.3) is 0 Å². The van der Waals surface area contributed by atoms with Crippen molar-refractivity contribution in [2.45, 2.75) is 278 Å². The molecule has 4 heteroatoms. The van der Waals surface area contributed by atoms with Crippen molar-refractivity contribution in [3.63, 3.8) is 0 Å². The van der Waals surface area contributed by atoms with Crippen LogP contribution < -0.4 is 0 Å². The van der Waals surface area contributed by atoms with Crippen LogP contribution in [0.3, 0.4) is 0 Å². The Labute approximate surface area is 351 Å². The van der Waals surface area contributed by atoms with E-state index in [2.05, 4.69) is 45.1 Å². The SMILES string of the molecule is CCCCCCCC/C=C\CCCCCCCC(=O)OCCCCCCCC(CC)CCCCCCOC(=O)CCCCCCC/C=C\CCCCCCCC. The van der Waals surface area contributed by atoms with E-state index in [4.69, 9.17) is 9.47 Å². The van der Waals surface area contributed by atoms with Crippen LogP contribution in [0.1, 0.15) is 278 Å². The molecule has 0 aliphatic heterocycles. The van der Waals surface area contributed by atoms with E-state index in [1.54, 1.807) is 0 Å². The van der Waals surface area contributed by atoms with Crippen LogP contribution >= 0.6 is 0 Å². The van der Waals surface area contributed by atoms with Crippen molar-refractivity contribution in [3.8, 4) is 0 Å². The highest BCUT2D eigenvalue weighted by molar-refractivity contribution is 5.69. The molecule has 0 heterocycles. The van der Waals surface area contributed by atoms with Gasteiger partial charge in [0.05, 0.1) is 13.2 Å². The molecule has 0 saturated heterocycles. The maximum atomic E-state index is 12.1. The quantitative estimate of drug-likeness (QED) is 0.0350. The summed E-state index contributed by atoms with van der Waals surface area (Å²) in [5, 5.41) is 0. The van der Waals surface area contributed by atoms with Gasteiger partial charge in [0.15, 0.2) is 0 Å². The summed E-state index contributed by atoms with van der Waals surface area (Å²) in [6.45, 7) is 8.08. The molecule has 0 rings (SSSR count). The van der Waals surface area contributed by atoms with Crippen molar-refractivity contribution in [2.24, 2.45) is 5.92 Å². The summed E-state index contributed by atoms with van der Waals surface area (Å²) in [5.41, 5.74) is 0. The number of hydrogen-bond acceptors (Lipinski definition) is 4. The molecule has 0 aromatic carbocycles. The van der Waals surface area contributed by atoms with Crippen LogP contribution in [0.4, 0.5) is 0 Å². The molecule has 0 saturated carbocycles. The molecule has 1 atom stereocenters. The van der Waals surface area contributed by atoms with Gasteiger partial charge in [-0.3, -0.25) is 9.59 Å². The van der Waals surface area contributed by atoms with Crippen molar-refractivity contribution in [2.75, 3.05) is 13.2 Å². The predicted octanol–water partition coefficient (Wildman–Crippen LogP) is 17.5. The van der Waals surface area contributed by atoms with Gasteiger partial charge in [-0.05, 0) is 83.0 Å². The Morgan fingerprint density at radius 2 is 0.643 bits per heavy atom. The molecule has 0 spiro atoms. The van der Waals surface area contributed by atoms with E-state index in [9.17, 15) is 9.59 Å². The topological polar surface area (TPSA) is 52.6 Å². The van der Waals surface area contributed by atoms with Gasteiger partial charge in [-0.15, -0.1) is 0 Å². The smallest absolute Gasteiger partial charge is 0.305 e. The number of ether oxygens (including phenoxy) is 2. The molecule has 0 amide bonds. The first-order chi connectivity index (χ1) is 27.6. The molecule has 330 valence electrons. The number of rotatable bonds is 46. The van der Waals surface area contributed by atoms with Gasteiger partial charge in [0.1, 0.15) is 0 Å². The van der Waals surface area contributed by atoms with Crippen LogP contribution in [0.2, 0.25) is 0 Å². The van der Waals surface area contributed by atoms with E-state index in [0.29, 0.717) is 26.1 Å². The molecule has 0 bridgehead atoms. The average molecular weight is 787 g/mol. The van der Waals surface area contributed by atoms with Gasteiger partial charge in [-0.25, -0.2) is 0 Å². The molecule has 0 aliphatic rings. The molecule has 0 aliphatic carbocycles. The third kappa shape index (κ3) is 45.1. The molecule has 0 aromatic rings. The molecule has 1 unspecified atom stereocenters. The minimum Gasteiger partial charge on any atom is -0.466 e.